The summed E-state index contributed by atoms with van der Waals surface area (Å²) in [4.78, 5) is 18.3. The molecule has 0 bridgehead atoms. The molecule has 24 heavy (non-hydrogen) atoms. The van der Waals surface area contributed by atoms with E-state index in [-0.39, 0.29) is 12.1 Å². The third-order valence-corrected chi connectivity index (χ3v) is 4.02. The van der Waals surface area contributed by atoms with Crippen molar-refractivity contribution in [1.29, 1.82) is 0 Å². The highest BCUT2D eigenvalue weighted by Crippen LogP contribution is 2.26. The summed E-state index contributed by atoms with van der Waals surface area (Å²) < 4.78 is 5.33. The summed E-state index contributed by atoms with van der Waals surface area (Å²) >= 11 is 0. The van der Waals surface area contributed by atoms with E-state index in [9.17, 15) is 4.79 Å². The molecule has 1 aliphatic rings. The van der Waals surface area contributed by atoms with Crippen LogP contribution in [0.1, 0.15) is 46.5 Å². The highest BCUT2D eigenvalue weighted by atomic mass is 16.6. The van der Waals surface area contributed by atoms with Crippen molar-refractivity contribution in [2.24, 2.45) is 0 Å². The molecule has 134 valence electrons. The number of nitrogens with zero attached hydrogens (tertiary/aromatic N) is 2. The fraction of sp³-hybridized carbons (Fsp3) is 0.667. The third-order valence-electron chi connectivity index (χ3n) is 4.02. The zero-order valence-electron chi connectivity index (χ0n) is 15.4. The Balaban J connectivity index is 1.82. The zero-order valence-corrected chi connectivity index (χ0v) is 15.4. The van der Waals surface area contributed by atoms with Gasteiger partial charge in [-0.15, -0.1) is 0 Å². The Morgan fingerprint density at radius 1 is 1.21 bits per heavy atom. The molecule has 0 saturated heterocycles. The first-order valence-corrected chi connectivity index (χ1v) is 8.63. The number of aromatic nitrogens is 1. The molecule has 2 N–H and O–H groups in total. The molecule has 1 amide bonds. The number of hydrogen-bond acceptors (Lipinski definition) is 5. The predicted octanol–water partition coefficient (Wildman–Crippen LogP) is 3.40. The van der Waals surface area contributed by atoms with Gasteiger partial charge in [0.25, 0.3) is 0 Å². The third kappa shape index (κ3) is 5.58. The monoisotopic (exact) mass is 334 g/mol. The zero-order chi connectivity index (χ0) is 17.7. The van der Waals surface area contributed by atoms with E-state index in [1.165, 1.54) is 0 Å². The van der Waals surface area contributed by atoms with Crippen LogP contribution in [0.15, 0.2) is 18.3 Å². The quantitative estimate of drug-likeness (QED) is 0.883. The maximum Gasteiger partial charge on any atom is 0.407 e. The Kier molecular flexibility index (Phi) is 5.91. The lowest BCUT2D eigenvalue weighted by Crippen LogP contribution is -2.42. The van der Waals surface area contributed by atoms with Gasteiger partial charge in [-0.3, -0.25) is 0 Å². The van der Waals surface area contributed by atoms with Gasteiger partial charge in [0.2, 0.25) is 0 Å². The molecule has 0 atom stereocenters. The van der Waals surface area contributed by atoms with Gasteiger partial charge in [-0.25, -0.2) is 9.78 Å². The predicted molar refractivity (Wildman–Crippen MR) is 97.6 cm³/mol. The van der Waals surface area contributed by atoms with Crippen LogP contribution in [-0.4, -0.2) is 42.9 Å². The number of anilines is 2. The van der Waals surface area contributed by atoms with Gasteiger partial charge in [0.15, 0.2) is 5.82 Å². The number of carbonyl (C=O) groups excluding carboxylic acids is 1. The number of ether oxygens (including phenoxy) is 1. The molecule has 0 aromatic carbocycles. The van der Waals surface area contributed by atoms with Crippen LogP contribution in [0.3, 0.4) is 0 Å². The normalized spacial score (nSPS) is 21.0. The summed E-state index contributed by atoms with van der Waals surface area (Å²) in [7, 11) is 3.99. The van der Waals surface area contributed by atoms with E-state index in [1.54, 1.807) is 0 Å². The molecular formula is C18H30N4O2. The molecule has 0 radical (unpaired) electrons. The standard InChI is InChI=1S/C18H30N4O2/c1-18(2,3)24-17(23)21-14-10-8-13(9-11-14)20-15-7-6-12-19-16(15)22(4)5/h6-7,12-14,20H,8-11H2,1-5H3,(H,21,23). The molecule has 0 unspecified atom stereocenters. The molecule has 1 aromatic heterocycles. The van der Waals surface area contributed by atoms with Crippen molar-refractivity contribution < 1.29 is 9.53 Å². The van der Waals surface area contributed by atoms with Gasteiger partial charge in [-0.05, 0) is 58.6 Å². The van der Waals surface area contributed by atoms with Gasteiger partial charge in [-0.1, -0.05) is 0 Å². The van der Waals surface area contributed by atoms with E-state index in [1.807, 2.05) is 52.0 Å². The lowest BCUT2D eigenvalue weighted by molar-refractivity contribution is 0.0492. The smallest absolute Gasteiger partial charge is 0.407 e. The molecule has 1 heterocycles. The number of pyridine rings is 1. The first kappa shape index (κ1) is 18.4. The molecule has 2 rings (SSSR count). The maximum atomic E-state index is 11.9. The second kappa shape index (κ2) is 7.73. The van der Waals surface area contributed by atoms with Crippen molar-refractivity contribution in [1.82, 2.24) is 10.3 Å². The van der Waals surface area contributed by atoms with Crippen LogP contribution in [0.2, 0.25) is 0 Å². The average Bonchev–Trinajstić information content (AvgIpc) is 2.47. The number of rotatable bonds is 4. The van der Waals surface area contributed by atoms with Crippen LogP contribution in [0.4, 0.5) is 16.3 Å². The van der Waals surface area contributed by atoms with Crippen LogP contribution < -0.4 is 15.5 Å². The minimum absolute atomic E-state index is 0.195. The number of nitrogens with one attached hydrogen (secondary N) is 2. The van der Waals surface area contributed by atoms with Crippen molar-refractivity contribution in [2.45, 2.75) is 64.1 Å². The minimum atomic E-state index is -0.453. The summed E-state index contributed by atoms with van der Waals surface area (Å²) in [5.74, 6) is 0.950. The highest BCUT2D eigenvalue weighted by Gasteiger charge is 2.25. The largest absolute Gasteiger partial charge is 0.444 e. The van der Waals surface area contributed by atoms with E-state index in [0.29, 0.717) is 6.04 Å². The number of alkyl carbamates (subject to hydrolysis) is 1. The summed E-state index contributed by atoms with van der Waals surface area (Å²) in [5, 5.41) is 6.57. The van der Waals surface area contributed by atoms with E-state index >= 15 is 0 Å². The van der Waals surface area contributed by atoms with Crippen molar-refractivity contribution in [3.63, 3.8) is 0 Å². The topological polar surface area (TPSA) is 66.5 Å². The first-order valence-electron chi connectivity index (χ1n) is 8.63. The Bertz CT molecular complexity index is 546. The minimum Gasteiger partial charge on any atom is -0.444 e. The van der Waals surface area contributed by atoms with Crippen LogP contribution >= 0.6 is 0 Å². The summed E-state index contributed by atoms with van der Waals surface area (Å²) in [5.41, 5.74) is 0.609. The molecule has 6 nitrogen and oxygen atoms in total. The van der Waals surface area contributed by atoms with Crippen molar-refractivity contribution in [3.05, 3.63) is 18.3 Å². The number of amides is 1. The lowest BCUT2D eigenvalue weighted by atomic mass is 9.91. The summed E-state index contributed by atoms with van der Waals surface area (Å²) in [6.07, 6.45) is 5.43. The molecule has 1 fully saturated rings. The lowest BCUT2D eigenvalue weighted by Gasteiger charge is -2.31. The highest BCUT2D eigenvalue weighted by molar-refractivity contribution is 5.68. The van der Waals surface area contributed by atoms with Crippen molar-refractivity contribution in [2.75, 3.05) is 24.3 Å². The Hall–Kier alpha value is -1.98. The summed E-state index contributed by atoms with van der Waals surface area (Å²) in [6.45, 7) is 5.64. The Labute approximate surface area is 145 Å². The number of carbonyl (C=O) groups is 1. The van der Waals surface area contributed by atoms with Crippen LogP contribution in [0, 0.1) is 0 Å². The Morgan fingerprint density at radius 3 is 2.42 bits per heavy atom. The molecular weight excluding hydrogens is 304 g/mol. The fourth-order valence-electron chi connectivity index (χ4n) is 2.94. The van der Waals surface area contributed by atoms with Crippen molar-refractivity contribution >= 4 is 17.6 Å². The van der Waals surface area contributed by atoms with Gasteiger partial charge in [0.1, 0.15) is 5.60 Å². The van der Waals surface area contributed by atoms with Gasteiger partial charge >= 0.3 is 6.09 Å². The van der Waals surface area contributed by atoms with Gasteiger partial charge in [0, 0.05) is 32.4 Å². The second-order valence-electron chi connectivity index (χ2n) is 7.61. The second-order valence-corrected chi connectivity index (χ2v) is 7.61. The van der Waals surface area contributed by atoms with E-state index < -0.39 is 5.60 Å². The van der Waals surface area contributed by atoms with E-state index in [4.69, 9.17) is 4.74 Å². The molecule has 1 saturated carbocycles. The fourth-order valence-corrected chi connectivity index (χ4v) is 2.94. The van der Waals surface area contributed by atoms with Crippen LogP contribution in [0.25, 0.3) is 0 Å². The molecule has 1 aliphatic carbocycles. The van der Waals surface area contributed by atoms with Gasteiger partial charge in [0.05, 0.1) is 5.69 Å². The van der Waals surface area contributed by atoms with Crippen molar-refractivity contribution in [3.8, 4) is 0 Å². The van der Waals surface area contributed by atoms with E-state index in [2.05, 4.69) is 21.7 Å². The van der Waals surface area contributed by atoms with Crippen LogP contribution in [-0.2, 0) is 4.74 Å². The molecule has 6 heteroatoms. The average molecular weight is 334 g/mol. The Morgan fingerprint density at radius 2 is 1.83 bits per heavy atom. The first-order chi connectivity index (χ1) is 11.2. The van der Waals surface area contributed by atoms with Gasteiger partial charge < -0.3 is 20.3 Å². The summed E-state index contributed by atoms with van der Waals surface area (Å²) in [6, 6.07) is 4.61. The van der Waals surface area contributed by atoms with Gasteiger partial charge in [-0.2, -0.15) is 0 Å². The maximum absolute atomic E-state index is 11.9. The van der Waals surface area contributed by atoms with E-state index in [0.717, 1.165) is 37.2 Å². The molecule has 0 spiro atoms. The van der Waals surface area contributed by atoms with Crippen LogP contribution in [0.5, 0.6) is 0 Å². The number of hydrogen-bond donors (Lipinski definition) is 2. The SMILES string of the molecule is CN(C)c1ncccc1NC1CCC(NC(=O)OC(C)(C)C)CC1. The molecule has 1 aromatic rings. The molecule has 0 aliphatic heterocycles.